The average Bonchev–Trinajstić information content (AvgIpc) is 3.37. The van der Waals surface area contributed by atoms with E-state index in [1.807, 2.05) is 37.4 Å². The van der Waals surface area contributed by atoms with E-state index in [0.29, 0.717) is 37.4 Å². The standard InChI is InChI=1S/C23H22N8O2/c1-13-18(24)31-20(16(12-26-31)15-10-14-4-2-3-5-17(14)25-11-15)27-19(13)30-8-6-23(7-9-30)21(32)28-22(33)29-23/h2-5,10-12H,6-9,24H2,1H3,(H2,28,29,32,33). The van der Waals surface area contributed by atoms with Crippen LogP contribution in [0.1, 0.15) is 18.4 Å². The minimum Gasteiger partial charge on any atom is -0.383 e. The Morgan fingerprint density at radius 1 is 1.12 bits per heavy atom. The second-order valence-electron chi connectivity index (χ2n) is 8.63. The third-order valence-electron chi connectivity index (χ3n) is 6.74. The molecule has 2 fully saturated rings. The Morgan fingerprint density at radius 3 is 2.67 bits per heavy atom. The lowest BCUT2D eigenvalue weighted by Crippen LogP contribution is -2.55. The van der Waals surface area contributed by atoms with Gasteiger partial charge < -0.3 is 16.0 Å². The van der Waals surface area contributed by atoms with E-state index in [1.54, 1.807) is 10.7 Å². The number of benzene rings is 1. The second kappa shape index (κ2) is 6.89. The van der Waals surface area contributed by atoms with Crippen LogP contribution in [0.3, 0.4) is 0 Å². The van der Waals surface area contributed by atoms with Crippen molar-refractivity contribution in [2.75, 3.05) is 23.7 Å². The highest BCUT2D eigenvalue weighted by Crippen LogP contribution is 2.34. The van der Waals surface area contributed by atoms with E-state index in [2.05, 4.69) is 31.7 Å². The number of nitrogens with two attached hydrogens (primary N) is 1. The summed E-state index contributed by atoms with van der Waals surface area (Å²) in [5.74, 6) is 1.02. The van der Waals surface area contributed by atoms with Crippen LogP contribution in [0.5, 0.6) is 0 Å². The normalized spacial score (nSPS) is 17.7. The molecule has 3 aromatic heterocycles. The number of urea groups is 1. The maximum Gasteiger partial charge on any atom is 0.322 e. The van der Waals surface area contributed by atoms with Crippen molar-refractivity contribution in [3.8, 4) is 11.1 Å². The van der Waals surface area contributed by atoms with Crippen molar-refractivity contribution in [2.45, 2.75) is 25.3 Å². The van der Waals surface area contributed by atoms with Gasteiger partial charge in [0.1, 0.15) is 17.2 Å². The molecule has 33 heavy (non-hydrogen) atoms. The van der Waals surface area contributed by atoms with Gasteiger partial charge in [-0.25, -0.2) is 9.78 Å². The van der Waals surface area contributed by atoms with Crippen molar-refractivity contribution in [3.05, 3.63) is 48.3 Å². The summed E-state index contributed by atoms with van der Waals surface area (Å²) in [6, 6.07) is 9.59. The van der Waals surface area contributed by atoms with Crippen molar-refractivity contribution in [1.29, 1.82) is 0 Å². The number of piperidine rings is 1. The van der Waals surface area contributed by atoms with Crippen LogP contribution in [0.4, 0.5) is 16.4 Å². The molecular weight excluding hydrogens is 420 g/mol. The Morgan fingerprint density at radius 2 is 1.91 bits per heavy atom. The summed E-state index contributed by atoms with van der Waals surface area (Å²) < 4.78 is 1.65. The van der Waals surface area contributed by atoms with Gasteiger partial charge >= 0.3 is 6.03 Å². The van der Waals surface area contributed by atoms with E-state index >= 15 is 0 Å². The van der Waals surface area contributed by atoms with E-state index in [0.717, 1.165) is 33.4 Å². The Bertz CT molecular complexity index is 1450. The van der Waals surface area contributed by atoms with Gasteiger partial charge in [0.25, 0.3) is 5.91 Å². The van der Waals surface area contributed by atoms with Crippen LogP contribution in [0.15, 0.2) is 42.7 Å². The zero-order chi connectivity index (χ0) is 22.7. The highest BCUT2D eigenvalue weighted by atomic mass is 16.2. The molecule has 2 aliphatic rings. The molecule has 0 unspecified atom stereocenters. The van der Waals surface area contributed by atoms with Gasteiger partial charge in [-0.15, -0.1) is 0 Å². The van der Waals surface area contributed by atoms with Crippen LogP contribution in [0.25, 0.3) is 27.7 Å². The number of carbonyl (C=O) groups excluding carboxylic acids is 2. The molecule has 4 N–H and O–H groups in total. The Balaban J connectivity index is 1.39. The van der Waals surface area contributed by atoms with Crippen LogP contribution in [-0.4, -0.2) is 50.1 Å². The van der Waals surface area contributed by atoms with Crippen LogP contribution in [0, 0.1) is 6.92 Å². The summed E-state index contributed by atoms with van der Waals surface area (Å²) >= 11 is 0. The molecule has 1 aromatic carbocycles. The summed E-state index contributed by atoms with van der Waals surface area (Å²) in [6.07, 6.45) is 4.58. The number of fused-ring (bicyclic) bond motifs is 2. The zero-order valence-corrected chi connectivity index (χ0v) is 18.0. The lowest BCUT2D eigenvalue weighted by molar-refractivity contribution is -0.124. The van der Waals surface area contributed by atoms with E-state index < -0.39 is 11.6 Å². The van der Waals surface area contributed by atoms with Gasteiger partial charge in [0.15, 0.2) is 5.65 Å². The van der Waals surface area contributed by atoms with Gasteiger partial charge in [0.2, 0.25) is 0 Å². The molecule has 0 saturated carbocycles. The molecule has 0 aliphatic carbocycles. The molecule has 166 valence electrons. The molecule has 1 spiro atoms. The minimum absolute atomic E-state index is 0.256. The number of aromatic nitrogens is 4. The number of nitrogens with zero attached hydrogens (tertiary/aromatic N) is 5. The molecule has 0 bridgehead atoms. The van der Waals surface area contributed by atoms with E-state index in [-0.39, 0.29) is 5.91 Å². The van der Waals surface area contributed by atoms with Gasteiger partial charge in [0, 0.05) is 41.4 Å². The molecule has 0 radical (unpaired) electrons. The number of imide groups is 1. The minimum atomic E-state index is -0.838. The molecule has 0 atom stereocenters. The van der Waals surface area contributed by atoms with E-state index in [9.17, 15) is 9.59 Å². The fourth-order valence-electron chi connectivity index (χ4n) is 4.79. The van der Waals surface area contributed by atoms with Gasteiger partial charge in [0.05, 0.1) is 11.7 Å². The lowest BCUT2D eigenvalue weighted by atomic mass is 9.87. The maximum atomic E-state index is 12.3. The first kappa shape index (κ1) is 19.5. The van der Waals surface area contributed by atoms with Crippen molar-refractivity contribution in [2.24, 2.45) is 0 Å². The van der Waals surface area contributed by atoms with Gasteiger partial charge in [-0.05, 0) is 31.9 Å². The first-order valence-electron chi connectivity index (χ1n) is 10.8. The number of anilines is 2. The zero-order valence-electron chi connectivity index (χ0n) is 18.0. The number of pyridine rings is 1. The molecule has 3 amide bonds. The monoisotopic (exact) mass is 442 g/mol. The third kappa shape index (κ3) is 2.90. The number of rotatable bonds is 2. The van der Waals surface area contributed by atoms with Crippen molar-refractivity contribution in [3.63, 3.8) is 0 Å². The fraction of sp³-hybridized carbons (Fsp3) is 0.261. The number of para-hydroxylation sites is 1. The summed E-state index contributed by atoms with van der Waals surface area (Å²) in [5, 5.41) is 10.7. The van der Waals surface area contributed by atoms with E-state index in [4.69, 9.17) is 10.7 Å². The summed E-state index contributed by atoms with van der Waals surface area (Å²) in [4.78, 5) is 35.6. The lowest BCUT2D eigenvalue weighted by Gasteiger charge is -2.38. The number of hydrogen-bond donors (Lipinski definition) is 3. The molecule has 4 aromatic rings. The van der Waals surface area contributed by atoms with Crippen LogP contribution in [0.2, 0.25) is 0 Å². The van der Waals surface area contributed by atoms with Crippen molar-refractivity contribution >= 4 is 40.1 Å². The van der Waals surface area contributed by atoms with Crippen LogP contribution < -0.4 is 21.3 Å². The quantitative estimate of drug-likeness (QED) is 0.405. The maximum absolute atomic E-state index is 12.3. The SMILES string of the molecule is Cc1c(N2CCC3(CC2)NC(=O)NC3=O)nc2c(-c3cnc4ccccc4c3)cnn2c1N. The molecule has 2 saturated heterocycles. The van der Waals surface area contributed by atoms with E-state index in [1.165, 1.54) is 0 Å². The highest BCUT2D eigenvalue weighted by molar-refractivity contribution is 6.07. The molecule has 5 heterocycles. The smallest absolute Gasteiger partial charge is 0.322 e. The number of amides is 3. The van der Waals surface area contributed by atoms with Gasteiger partial charge in [-0.2, -0.15) is 9.61 Å². The second-order valence-corrected chi connectivity index (χ2v) is 8.63. The van der Waals surface area contributed by atoms with Gasteiger partial charge in [-0.3, -0.25) is 15.1 Å². The number of hydrogen-bond acceptors (Lipinski definition) is 7. The number of nitrogen functional groups attached to an aromatic ring is 1. The van der Waals surface area contributed by atoms with Gasteiger partial charge in [-0.1, -0.05) is 18.2 Å². The first-order chi connectivity index (χ1) is 15.9. The average molecular weight is 442 g/mol. The summed E-state index contributed by atoms with van der Waals surface area (Å²) in [7, 11) is 0. The molecule has 10 heteroatoms. The topological polar surface area (TPSA) is 131 Å². The highest BCUT2D eigenvalue weighted by Gasteiger charge is 2.48. The molecular formula is C23H22N8O2. The van der Waals surface area contributed by atoms with Crippen molar-refractivity contribution in [1.82, 2.24) is 30.2 Å². The molecule has 6 rings (SSSR count). The van der Waals surface area contributed by atoms with Crippen LogP contribution >= 0.6 is 0 Å². The molecule has 10 nitrogen and oxygen atoms in total. The Hall–Kier alpha value is -4.21. The fourth-order valence-corrected chi connectivity index (χ4v) is 4.79. The largest absolute Gasteiger partial charge is 0.383 e. The first-order valence-corrected chi connectivity index (χ1v) is 10.8. The summed E-state index contributed by atoms with van der Waals surface area (Å²) in [6.45, 7) is 3.06. The Labute approximate surface area is 188 Å². The molecule has 2 aliphatic heterocycles. The number of carbonyl (C=O) groups is 2. The summed E-state index contributed by atoms with van der Waals surface area (Å²) in [5.41, 5.74) is 9.78. The van der Waals surface area contributed by atoms with Crippen LogP contribution in [-0.2, 0) is 4.79 Å². The predicted octanol–water partition coefficient (Wildman–Crippen LogP) is 2.01. The van der Waals surface area contributed by atoms with Crippen molar-refractivity contribution < 1.29 is 9.59 Å². The predicted molar refractivity (Wildman–Crippen MR) is 124 cm³/mol. The Kier molecular flexibility index (Phi) is 4.07. The number of nitrogens with one attached hydrogen (secondary N) is 2. The third-order valence-corrected chi connectivity index (χ3v) is 6.74.